The highest BCUT2D eigenvalue weighted by Crippen LogP contribution is 2.22. The van der Waals surface area contributed by atoms with Gasteiger partial charge in [-0.1, -0.05) is 41.1 Å². The molecule has 104 valence electrons. The second-order valence-electron chi connectivity index (χ2n) is 4.80. The van der Waals surface area contributed by atoms with E-state index in [1.165, 1.54) is 0 Å². The van der Waals surface area contributed by atoms with E-state index in [1.807, 2.05) is 42.5 Å². The molecule has 1 amide bonds. The number of carbonyl (C=O) groups excluding carboxylic acids is 1. The summed E-state index contributed by atoms with van der Waals surface area (Å²) in [6.45, 7) is 2.06. The molecule has 0 radical (unpaired) electrons. The van der Waals surface area contributed by atoms with Crippen molar-refractivity contribution in [1.82, 2.24) is 4.98 Å². The number of halogens is 1. The van der Waals surface area contributed by atoms with Crippen LogP contribution in [0.3, 0.4) is 0 Å². The highest BCUT2D eigenvalue weighted by molar-refractivity contribution is 9.10. The highest BCUT2D eigenvalue weighted by Gasteiger charge is 2.16. The van der Waals surface area contributed by atoms with E-state index in [9.17, 15) is 4.79 Å². The number of hydrogen-bond acceptors (Lipinski definition) is 2. The van der Waals surface area contributed by atoms with E-state index in [-0.39, 0.29) is 11.8 Å². The maximum Gasteiger partial charge on any atom is 0.228 e. The van der Waals surface area contributed by atoms with Gasteiger partial charge >= 0.3 is 0 Å². The summed E-state index contributed by atoms with van der Waals surface area (Å²) in [4.78, 5) is 18.1. The Balaban J connectivity index is 2.02. The molecule has 1 aromatic heterocycles. The largest absolute Gasteiger partial charge is 0.300 e. The van der Waals surface area contributed by atoms with Gasteiger partial charge in [0.05, 0.1) is 0 Å². The standard InChI is InChI=1S/C16H17BrN2O/c1-12(13-6-8-14(17)9-7-13)11-16(20)19(2)15-5-3-4-10-18-15/h3-10,12H,11H2,1-2H3/t12-/m0/s1. The van der Waals surface area contributed by atoms with Crippen molar-refractivity contribution in [2.75, 3.05) is 11.9 Å². The van der Waals surface area contributed by atoms with Crippen LogP contribution in [0.5, 0.6) is 0 Å². The second kappa shape index (κ2) is 6.66. The summed E-state index contributed by atoms with van der Waals surface area (Å²) in [5.41, 5.74) is 1.16. The Morgan fingerprint density at radius 1 is 1.25 bits per heavy atom. The summed E-state index contributed by atoms with van der Waals surface area (Å²) in [7, 11) is 1.76. The summed E-state index contributed by atoms with van der Waals surface area (Å²) in [5.74, 6) is 0.932. The van der Waals surface area contributed by atoms with Crippen molar-refractivity contribution in [3.63, 3.8) is 0 Å². The van der Waals surface area contributed by atoms with Crippen LogP contribution in [0.1, 0.15) is 24.8 Å². The van der Waals surface area contributed by atoms with E-state index in [4.69, 9.17) is 0 Å². The van der Waals surface area contributed by atoms with E-state index in [1.54, 1.807) is 18.1 Å². The number of carbonyl (C=O) groups is 1. The third kappa shape index (κ3) is 3.67. The molecule has 1 atom stereocenters. The van der Waals surface area contributed by atoms with Gasteiger partial charge in [0.2, 0.25) is 5.91 Å². The average molecular weight is 333 g/mol. The van der Waals surface area contributed by atoms with E-state index in [0.29, 0.717) is 12.2 Å². The Kier molecular flexibility index (Phi) is 4.90. The molecule has 0 bridgehead atoms. The molecule has 4 heteroatoms. The molecule has 0 aliphatic carbocycles. The number of rotatable bonds is 4. The molecule has 0 aliphatic rings. The van der Waals surface area contributed by atoms with Gasteiger partial charge in [0.25, 0.3) is 0 Å². The third-order valence-electron chi connectivity index (χ3n) is 3.29. The van der Waals surface area contributed by atoms with Crippen LogP contribution in [0.15, 0.2) is 53.1 Å². The molecule has 3 nitrogen and oxygen atoms in total. The molecule has 1 aromatic carbocycles. The first-order chi connectivity index (χ1) is 9.58. The molecule has 0 saturated carbocycles. The minimum atomic E-state index is 0.0686. The Morgan fingerprint density at radius 2 is 1.95 bits per heavy atom. The minimum absolute atomic E-state index is 0.0686. The predicted octanol–water partition coefficient (Wildman–Crippen LogP) is 4.00. The van der Waals surface area contributed by atoms with Gasteiger partial charge in [0, 0.05) is 24.1 Å². The molecule has 0 N–H and O–H groups in total. The monoisotopic (exact) mass is 332 g/mol. The molecular formula is C16H17BrN2O. The SMILES string of the molecule is C[C@@H](CC(=O)N(C)c1ccccn1)c1ccc(Br)cc1. The van der Waals surface area contributed by atoms with E-state index >= 15 is 0 Å². The Hall–Kier alpha value is -1.68. The first kappa shape index (κ1) is 14.7. The summed E-state index contributed by atoms with van der Waals surface area (Å²) >= 11 is 3.42. The normalized spacial score (nSPS) is 11.9. The molecule has 2 aromatic rings. The van der Waals surface area contributed by atoms with E-state index in [0.717, 1.165) is 10.0 Å². The van der Waals surface area contributed by atoms with Crippen molar-refractivity contribution in [2.24, 2.45) is 0 Å². The number of pyridine rings is 1. The molecule has 1 heterocycles. The number of hydrogen-bond donors (Lipinski definition) is 0. The fourth-order valence-electron chi connectivity index (χ4n) is 1.99. The van der Waals surface area contributed by atoms with E-state index in [2.05, 4.69) is 27.8 Å². The predicted molar refractivity (Wildman–Crippen MR) is 84.8 cm³/mol. The van der Waals surface area contributed by atoms with Crippen LogP contribution in [0, 0.1) is 0 Å². The van der Waals surface area contributed by atoms with Gasteiger partial charge in [-0.2, -0.15) is 0 Å². The van der Waals surface area contributed by atoms with Gasteiger partial charge in [-0.05, 0) is 35.7 Å². The number of benzene rings is 1. The number of aromatic nitrogens is 1. The maximum absolute atomic E-state index is 12.3. The quantitative estimate of drug-likeness (QED) is 0.847. The van der Waals surface area contributed by atoms with Crippen molar-refractivity contribution >= 4 is 27.7 Å². The highest BCUT2D eigenvalue weighted by atomic mass is 79.9. The Morgan fingerprint density at radius 3 is 2.55 bits per heavy atom. The lowest BCUT2D eigenvalue weighted by atomic mass is 9.97. The van der Waals surface area contributed by atoms with Crippen LogP contribution in [-0.2, 0) is 4.79 Å². The van der Waals surface area contributed by atoms with Crippen LogP contribution < -0.4 is 4.90 Å². The van der Waals surface area contributed by atoms with Gasteiger partial charge in [-0.15, -0.1) is 0 Å². The molecule has 2 rings (SSSR count). The Bertz CT molecular complexity index is 569. The zero-order chi connectivity index (χ0) is 14.5. The number of nitrogens with zero attached hydrogens (tertiary/aromatic N) is 2. The zero-order valence-corrected chi connectivity index (χ0v) is 13.2. The smallest absolute Gasteiger partial charge is 0.228 e. The van der Waals surface area contributed by atoms with Crippen LogP contribution in [0.4, 0.5) is 5.82 Å². The molecule has 0 fully saturated rings. The fraction of sp³-hybridized carbons (Fsp3) is 0.250. The average Bonchev–Trinajstić information content (AvgIpc) is 2.48. The zero-order valence-electron chi connectivity index (χ0n) is 11.6. The molecule has 0 spiro atoms. The summed E-state index contributed by atoms with van der Waals surface area (Å²) in [5, 5.41) is 0. The summed E-state index contributed by atoms with van der Waals surface area (Å²) in [6, 6.07) is 13.6. The number of anilines is 1. The fourth-order valence-corrected chi connectivity index (χ4v) is 2.25. The number of amides is 1. The van der Waals surface area contributed by atoms with Crippen molar-refractivity contribution < 1.29 is 4.79 Å². The molecule has 0 unspecified atom stereocenters. The molecular weight excluding hydrogens is 316 g/mol. The van der Waals surface area contributed by atoms with Crippen molar-refractivity contribution in [3.05, 3.63) is 58.7 Å². The van der Waals surface area contributed by atoms with Gasteiger partial charge in [-0.3, -0.25) is 9.69 Å². The van der Waals surface area contributed by atoms with Gasteiger partial charge in [0.1, 0.15) is 5.82 Å². The maximum atomic E-state index is 12.3. The van der Waals surface area contributed by atoms with Crippen LogP contribution in [-0.4, -0.2) is 17.9 Å². The van der Waals surface area contributed by atoms with Crippen LogP contribution >= 0.6 is 15.9 Å². The van der Waals surface area contributed by atoms with Gasteiger partial charge in [-0.25, -0.2) is 4.98 Å². The second-order valence-corrected chi connectivity index (χ2v) is 5.71. The van der Waals surface area contributed by atoms with Gasteiger partial charge in [0.15, 0.2) is 0 Å². The lowest BCUT2D eigenvalue weighted by Gasteiger charge is -2.19. The van der Waals surface area contributed by atoms with Crippen LogP contribution in [0.2, 0.25) is 0 Å². The van der Waals surface area contributed by atoms with Crippen molar-refractivity contribution in [3.8, 4) is 0 Å². The minimum Gasteiger partial charge on any atom is -0.300 e. The summed E-state index contributed by atoms with van der Waals surface area (Å²) < 4.78 is 1.05. The lowest BCUT2D eigenvalue weighted by Crippen LogP contribution is -2.27. The first-order valence-electron chi connectivity index (χ1n) is 6.51. The van der Waals surface area contributed by atoms with Crippen molar-refractivity contribution in [2.45, 2.75) is 19.3 Å². The molecule has 0 aliphatic heterocycles. The summed E-state index contributed by atoms with van der Waals surface area (Å²) in [6.07, 6.45) is 2.16. The lowest BCUT2D eigenvalue weighted by molar-refractivity contribution is -0.118. The van der Waals surface area contributed by atoms with Crippen LogP contribution in [0.25, 0.3) is 0 Å². The topological polar surface area (TPSA) is 33.2 Å². The third-order valence-corrected chi connectivity index (χ3v) is 3.82. The van der Waals surface area contributed by atoms with E-state index < -0.39 is 0 Å². The molecule has 20 heavy (non-hydrogen) atoms. The molecule has 0 saturated heterocycles. The van der Waals surface area contributed by atoms with Gasteiger partial charge < -0.3 is 0 Å². The first-order valence-corrected chi connectivity index (χ1v) is 7.30. The Labute approximate surface area is 127 Å². The van der Waals surface area contributed by atoms with Crippen molar-refractivity contribution in [1.29, 1.82) is 0 Å².